The molecule has 0 N–H and O–H groups in total. The molecule has 1 amide bonds. The van der Waals surface area contributed by atoms with Crippen molar-refractivity contribution in [2.75, 3.05) is 5.75 Å². The molecule has 1 heterocycles. The van der Waals surface area contributed by atoms with Crippen molar-refractivity contribution in [1.29, 1.82) is 0 Å². The number of likely N-dealkylation sites (tertiary alicyclic amines) is 1. The fourth-order valence-corrected chi connectivity index (χ4v) is 6.71. The number of piperidine rings is 1. The first-order valence-electron chi connectivity index (χ1n) is 12.1. The Morgan fingerprint density at radius 3 is 2.23 bits per heavy atom. The summed E-state index contributed by atoms with van der Waals surface area (Å²) in [5, 5.41) is 0.711. The van der Waals surface area contributed by atoms with E-state index < -0.39 is 21.1 Å². The average molecular weight is 537 g/mol. The number of hydrogen-bond acceptors (Lipinski definition) is 3. The van der Waals surface area contributed by atoms with Crippen molar-refractivity contribution in [3.05, 3.63) is 82.4 Å². The molecular weight excluding hydrogens is 501 g/mol. The average Bonchev–Trinajstić information content (AvgIpc) is 2.79. The van der Waals surface area contributed by atoms with Gasteiger partial charge in [-0.15, -0.1) is 6.58 Å². The van der Waals surface area contributed by atoms with Crippen LogP contribution in [0.15, 0.2) is 61.2 Å². The van der Waals surface area contributed by atoms with Gasteiger partial charge in [-0.25, -0.2) is 8.42 Å². The summed E-state index contributed by atoms with van der Waals surface area (Å²) in [6.45, 7) is 11.2. The van der Waals surface area contributed by atoms with Gasteiger partial charge in [0.25, 0.3) is 0 Å². The van der Waals surface area contributed by atoms with E-state index in [2.05, 4.69) is 6.58 Å². The molecule has 0 saturated carbocycles. The lowest BCUT2D eigenvalue weighted by Gasteiger charge is -2.49. The minimum Gasteiger partial charge on any atom is -0.331 e. The van der Waals surface area contributed by atoms with E-state index in [9.17, 15) is 13.2 Å². The fourth-order valence-electron chi connectivity index (χ4n) is 4.98. The van der Waals surface area contributed by atoms with Crippen LogP contribution in [-0.4, -0.2) is 36.3 Å². The maximum absolute atomic E-state index is 14.0. The van der Waals surface area contributed by atoms with Crippen LogP contribution in [0.4, 0.5) is 0 Å². The summed E-state index contributed by atoms with van der Waals surface area (Å²) < 4.78 is 26.2. The molecule has 1 saturated heterocycles. The topological polar surface area (TPSA) is 54.5 Å². The molecule has 2 aromatic carbocycles. The van der Waals surface area contributed by atoms with Crippen LogP contribution in [0.2, 0.25) is 10.0 Å². The van der Waals surface area contributed by atoms with Gasteiger partial charge in [0.1, 0.15) is 0 Å². The maximum atomic E-state index is 14.0. The van der Waals surface area contributed by atoms with E-state index >= 15 is 0 Å². The lowest BCUT2D eigenvalue weighted by molar-refractivity contribution is -0.147. The quantitative estimate of drug-likeness (QED) is 0.322. The van der Waals surface area contributed by atoms with E-state index in [0.717, 1.165) is 11.1 Å². The molecule has 1 fully saturated rings. The highest BCUT2D eigenvalue weighted by Crippen LogP contribution is 2.48. The summed E-state index contributed by atoms with van der Waals surface area (Å²) in [7, 11) is -3.40. The first-order chi connectivity index (χ1) is 16.5. The Morgan fingerprint density at radius 2 is 1.69 bits per heavy atom. The normalized spacial score (nSPS) is 22.0. The number of benzene rings is 2. The van der Waals surface area contributed by atoms with Crippen molar-refractivity contribution in [1.82, 2.24) is 4.90 Å². The largest absolute Gasteiger partial charge is 0.331 e. The number of halogens is 2. The highest BCUT2D eigenvalue weighted by atomic mass is 35.5. The molecule has 2 unspecified atom stereocenters. The molecule has 1 aliphatic rings. The number of amides is 1. The van der Waals surface area contributed by atoms with Crippen LogP contribution in [0.5, 0.6) is 0 Å². The maximum Gasteiger partial charge on any atom is 0.226 e. The van der Waals surface area contributed by atoms with Crippen molar-refractivity contribution in [2.24, 2.45) is 11.8 Å². The zero-order chi connectivity index (χ0) is 25.9. The van der Waals surface area contributed by atoms with Gasteiger partial charge in [-0.3, -0.25) is 4.79 Å². The Morgan fingerprint density at radius 1 is 1.03 bits per heavy atom. The number of hydrogen-bond donors (Lipinski definition) is 0. The summed E-state index contributed by atoms with van der Waals surface area (Å²) in [6.07, 6.45) is 2.92. The van der Waals surface area contributed by atoms with E-state index in [0.29, 0.717) is 22.9 Å². The zero-order valence-corrected chi connectivity index (χ0v) is 23.2. The molecule has 4 atom stereocenters. The number of nitrogens with zero attached hydrogens (tertiary/aromatic N) is 1. The second-order valence-electron chi connectivity index (χ2n) is 10.1. The van der Waals surface area contributed by atoms with Gasteiger partial charge in [-0.05, 0) is 68.0 Å². The molecule has 190 valence electrons. The van der Waals surface area contributed by atoms with E-state index in [4.69, 9.17) is 23.2 Å². The third kappa shape index (κ3) is 6.31. The van der Waals surface area contributed by atoms with Crippen molar-refractivity contribution < 1.29 is 13.2 Å². The minimum atomic E-state index is -3.40. The Kier molecular flexibility index (Phi) is 9.11. The van der Waals surface area contributed by atoms with Crippen molar-refractivity contribution >= 4 is 38.9 Å². The summed E-state index contributed by atoms with van der Waals surface area (Å²) in [5.74, 6) is -0.532. The SMILES string of the molecule is C=CCC1C[C@H](c2cccc(Cl)c2)C(c2ccc(Cl)cc2)N([C@H](CS(=O)(=O)C(C)C)C(C)C)C1=O. The lowest BCUT2D eigenvalue weighted by Crippen LogP contribution is -2.55. The van der Waals surface area contributed by atoms with Crippen molar-refractivity contribution in [3.63, 3.8) is 0 Å². The standard InChI is InChI=1S/C28H35Cl2NO3S/c1-6-8-22-16-25(21-9-7-10-24(30)15-21)27(20-11-13-23(29)14-12-20)31(28(22)32)26(18(2)3)17-35(33,34)19(4)5/h6-7,9-15,18-19,22,25-27H,1,8,16-17H2,2-5H3/t22?,25-,26-,27?/m1/s1. The van der Waals surface area contributed by atoms with E-state index in [1.807, 2.05) is 67.3 Å². The Hall–Kier alpha value is -1.82. The second kappa shape index (κ2) is 11.5. The summed E-state index contributed by atoms with van der Waals surface area (Å²) in [4.78, 5) is 15.9. The molecule has 1 aliphatic heterocycles. The van der Waals surface area contributed by atoms with Crippen LogP contribution in [0.25, 0.3) is 0 Å². The van der Waals surface area contributed by atoms with Gasteiger partial charge in [-0.1, -0.05) is 67.4 Å². The van der Waals surface area contributed by atoms with Gasteiger partial charge in [0.05, 0.1) is 17.0 Å². The molecule has 35 heavy (non-hydrogen) atoms. The second-order valence-corrected chi connectivity index (χ2v) is 13.5. The molecule has 2 aromatic rings. The summed E-state index contributed by atoms with van der Waals surface area (Å²) >= 11 is 12.6. The predicted octanol–water partition coefficient (Wildman–Crippen LogP) is 7.09. The molecule has 0 spiro atoms. The number of carbonyl (C=O) groups excluding carboxylic acids is 1. The molecule has 0 aromatic heterocycles. The highest BCUT2D eigenvalue weighted by molar-refractivity contribution is 7.92. The Bertz CT molecular complexity index is 1150. The molecule has 0 bridgehead atoms. The molecule has 0 aliphatic carbocycles. The van der Waals surface area contributed by atoms with Gasteiger partial charge in [0.2, 0.25) is 5.91 Å². The minimum absolute atomic E-state index is 0.0271. The predicted molar refractivity (Wildman–Crippen MR) is 146 cm³/mol. The van der Waals surface area contributed by atoms with Crippen LogP contribution in [-0.2, 0) is 14.6 Å². The molecule has 7 heteroatoms. The summed E-state index contributed by atoms with van der Waals surface area (Å²) in [5.41, 5.74) is 1.95. The van der Waals surface area contributed by atoms with E-state index in [1.165, 1.54) is 0 Å². The third-order valence-electron chi connectivity index (χ3n) is 7.01. The lowest BCUT2D eigenvalue weighted by atomic mass is 9.74. The van der Waals surface area contributed by atoms with Gasteiger partial charge in [0, 0.05) is 27.9 Å². The number of sulfone groups is 1. The summed E-state index contributed by atoms with van der Waals surface area (Å²) in [6, 6.07) is 14.4. The van der Waals surface area contributed by atoms with Crippen LogP contribution in [0.3, 0.4) is 0 Å². The third-order valence-corrected chi connectivity index (χ3v) is 9.74. The first kappa shape index (κ1) is 27.8. The monoisotopic (exact) mass is 535 g/mol. The smallest absolute Gasteiger partial charge is 0.226 e. The first-order valence-corrected chi connectivity index (χ1v) is 14.6. The van der Waals surface area contributed by atoms with Gasteiger partial charge >= 0.3 is 0 Å². The Balaban J connectivity index is 2.23. The van der Waals surface area contributed by atoms with Crippen LogP contribution < -0.4 is 0 Å². The zero-order valence-electron chi connectivity index (χ0n) is 20.8. The molecular formula is C28H35Cl2NO3S. The number of rotatable bonds is 9. The van der Waals surface area contributed by atoms with Gasteiger partial charge in [0.15, 0.2) is 9.84 Å². The van der Waals surface area contributed by atoms with Crippen LogP contribution in [0.1, 0.15) is 63.6 Å². The Labute approximate surface area is 220 Å². The van der Waals surface area contributed by atoms with Gasteiger partial charge < -0.3 is 4.90 Å². The molecule has 0 radical (unpaired) electrons. The van der Waals surface area contributed by atoms with Crippen LogP contribution >= 0.6 is 23.2 Å². The van der Waals surface area contributed by atoms with Crippen molar-refractivity contribution in [3.8, 4) is 0 Å². The number of allylic oxidation sites excluding steroid dienone is 1. The van der Waals surface area contributed by atoms with E-state index in [-0.39, 0.29) is 35.5 Å². The van der Waals surface area contributed by atoms with Gasteiger partial charge in [-0.2, -0.15) is 0 Å². The molecule has 4 nitrogen and oxygen atoms in total. The fraction of sp³-hybridized carbons (Fsp3) is 0.464. The number of carbonyl (C=O) groups is 1. The van der Waals surface area contributed by atoms with E-state index in [1.54, 1.807) is 19.9 Å². The van der Waals surface area contributed by atoms with Crippen molar-refractivity contribution in [2.45, 2.75) is 63.8 Å². The molecule has 3 rings (SSSR count). The van der Waals surface area contributed by atoms with Crippen LogP contribution in [0, 0.1) is 11.8 Å². The highest BCUT2D eigenvalue weighted by Gasteiger charge is 2.47.